The van der Waals surface area contributed by atoms with Crippen LogP contribution in [0.4, 0.5) is 0 Å². The predicted octanol–water partition coefficient (Wildman–Crippen LogP) is 4.27. The van der Waals surface area contributed by atoms with Crippen LogP contribution in [0.15, 0.2) is 24.3 Å². The van der Waals surface area contributed by atoms with Gasteiger partial charge in [-0.15, -0.1) is 0 Å². The fourth-order valence-electron chi connectivity index (χ4n) is 10.7. The van der Waals surface area contributed by atoms with E-state index in [4.69, 9.17) is 14.2 Å². The molecule has 0 bridgehead atoms. The normalized spacial score (nSPS) is 20.6. The van der Waals surface area contributed by atoms with Crippen LogP contribution in [-0.4, -0.2) is 172 Å². The van der Waals surface area contributed by atoms with Crippen molar-refractivity contribution in [3.05, 3.63) is 29.8 Å². The monoisotopic (exact) mass is 1030 g/mol. The van der Waals surface area contributed by atoms with Crippen molar-refractivity contribution in [1.29, 1.82) is 0 Å². The molecule has 19 heteroatoms. The third-order valence-corrected chi connectivity index (χ3v) is 17.1. The van der Waals surface area contributed by atoms with Gasteiger partial charge in [-0.1, -0.05) is 73.9 Å². The van der Waals surface area contributed by atoms with Crippen LogP contribution in [0.3, 0.4) is 0 Å². The van der Waals surface area contributed by atoms with Gasteiger partial charge in [0, 0.05) is 72.0 Å². The van der Waals surface area contributed by atoms with Crippen LogP contribution in [-0.2, 0) is 59.5 Å². The zero-order valence-electron chi connectivity index (χ0n) is 45.3. The molecule has 1 aromatic carbocycles. The molecule has 0 radical (unpaired) electrons. The number of sulfonamides is 1. The summed E-state index contributed by atoms with van der Waals surface area (Å²) in [6, 6.07) is 3.90. The second-order valence-electron chi connectivity index (χ2n) is 21.3. The number of hydrogen-bond donors (Lipinski definition) is 2. The Kier molecular flexibility index (Phi) is 22.7. The first kappa shape index (κ1) is 60.1. The molecule has 5 amide bonds. The Hall–Kier alpha value is -4.46. The van der Waals surface area contributed by atoms with E-state index in [2.05, 4.69) is 10.0 Å². The summed E-state index contributed by atoms with van der Waals surface area (Å²) in [6.07, 6.45) is 2.21. The van der Waals surface area contributed by atoms with Gasteiger partial charge in [-0.05, 0) is 81.6 Å². The number of amides is 5. The summed E-state index contributed by atoms with van der Waals surface area (Å²) in [5.74, 6) is -3.36. The predicted molar refractivity (Wildman–Crippen MR) is 274 cm³/mol. The molecule has 4 rings (SSSR count). The number of nitrogens with zero attached hydrogens (tertiary/aromatic N) is 4. The molecule has 0 aromatic heterocycles. The Morgan fingerprint density at radius 3 is 2.00 bits per heavy atom. The van der Waals surface area contributed by atoms with Crippen LogP contribution in [0.2, 0.25) is 0 Å². The molecule has 2 N–H and O–H groups in total. The average molecular weight is 1030 g/mol. The number of likely N-dealkylation sites (tertiary alicyclic amines) is 2. The van der Waals surface area contributed by atoms with Crippen LogP contribution in [0, 0.1) is 35.5 Å². The van der Waals surface area contributed by atoms with Crippen molar-refractivity contribution in [2.45, 2.75) is 161 Å². The first-order valence-corrected chi connectivity index (χ1v) is 27.6. The van der Waals surface area contributed by atoms with Gasteiger partial charge in [0.05, 0.1) is 47.9 Å². The van der Waals surface area contributed by atoms with Crippen molar-refractivity contribution in [1.82, 2.24) is 29.6 Å². The molecule has 1 aromatic rings. The van der Waals surface area contributed by atoms with Gasteiger partial charge in [0.1, 0.15) is 17.6 Å². The molecule has 406 valence electrons. The van der Waals surface area contributed by atoms with E-state index in [0.717, 1.165) is 0 Å². The van der Waals surface area contributed by atoms with E-state index in [1.165, 1.54) is 14.2 Å². The summed E-state index contributed by atoms with van der Waals surface area (Å²) in [5.41, 5.74) is 0.579. The smallest absolute Gasteiger partial charge is 0.260 e. The number of ketones is 2. The lowest BCUT2D eigenvalue weighted by atomic mass is 9.83. The molecule has 0 unspecified atom stereocenters. The van der Waals surface area contributed by atoms with Crippen LogP contribution >= 0.6 is 0 Å². The number of hydrogen-bond acceptors (Lipinski definition) is 13. The molecule has 1 saturated carbocycles. The maximum absolute atomic E-state index is 14.5. The summed E-state index contributed by atoms with van der Waals surface area (Å²) in [4.78, 5) is 102. The Labute approximate surface area is 429 Å². The average Bonchev–Trinajstić information content (AvgIpc) is 3.90. The van der Waals surface area contributed by atoms with Gasteiger partial charge in [0.15, 0.2) is 12.4 Å². The van der Waals surface area contributed by atoms with E-state index < -0.39 is 69.3 Å². The Bertz CT molecular complexity index is 2120. The van der Waals surface area contributed by atoms with Crippen LogP contribution < -0.4 is 14.8 Å². The molecule has 18 nitrogen and oxygen atoms in total. The zero-order chi connectivity index (χ0) is 53.8. The zero-order valence-corrected chi connectivity index (χ0v) is 46.1. The van der Waals surface area contributed by atoms with Gasteiger partial charge in [0.25, 0.3) is 11.8 Å². The third-order valence-electron chi connectivity index (χ3n) is 15.2. The molecule has 2 heterocycles. The van der Waals surface area contributed by atoms with Gasteiger partial charge in [-0.25, -0.2) is 8.42 Å². The van der Waals surface area contributed by atoms with E-state index in [9.17, 15) is 42.0 Å². The second-order valence-corrected chi connectivity index (χ2v) is 23.3. The topological polar surface area (TPSA) is 218 Å². The van der Waals surface area contributed by atoms with Gasteiger partial charge in [-0.3, -0.25) is 43.2 Å². The van der Waals surface area contributed by atoms with Crippen LogP contribution in [0.25, 0.3) is 0 Å². The van der Waals surface area contributed by atoms with Crippen molar-refractivity contribution in [3.8, 4) is 5.75 Å². The highest BCUT2D eigenvalue weighted by molar-refractivity contribution is 7.90. The number of likely N-dealkylation sites (N-methyl/N-ethyl adjacent to an activating group) is 2. The van der Waals surface area contributed by atoms with E-state index in [1.807, 2.05) is 67.5 Å². The number of ether oxygens (including phenoxy) is 3. The molecule has 1 aliphatic carbocycles. The molecular formula is C53H86N6O12S. The first-order chi connectivity index (χ1) is 33.9. The number of carbonyl (C=O) groups excluding carboxylic acids is 7. The van der Waals surface area contributed by atoms with Gasteiger partial charge >= 0.3 is 0 Å². The molecule has 10 atom stereocenters. The van der Waals surface area contributed by atoms with Gasteiger partial charge in [0.2, 0.25) is 27.7 Å². The number of benzene rings is 1. The van der Waals surface area contributed by atoms with E-state index in [1.54, 1.807) is 52.9 Å². The SMILES string of the molecule is CCC(=O)[C@@H]1CCN(C(=O)COc2ccc(C[C@H](NC(=O)[C@H](C)[C@@H](OC)[C@@H]3CCCN3C(=O)C[C@@H](OC)[C@H]([C@@H](C)CC)N(C)C(=O)[C@@H](CC(=O)[C@H](C(C)C)N(C)C)C(C)C)C(=O)NS(=O)(=O)C3CC3)cc2)C1. The Morgan fingerprint density at radius 1 is 0.806 bits per heavy atom. The summed E-state index contributed by atoms with van der Waals surface area (Å²) in [5, 5.41) is 2.10. The number of methoxy groups -OCH3 is 2. The third kappa shape index (κ3) is 15.8. The van der Waals surface area contributed by atoms with Crippen molar-refractivity contribution in [2.24, 2.45) is 35.5 Å². The van der Waals surface area contributed by atoms with Crippen molar-refractivity contribution >= 4 is 51.1 Å². The Balaban J connectivity index is 1.48. The highest BCUT2D eigenvalue weighted by Gasteiger charge is 2.44. The largest absolute Gasteiger partial charge is 0.484 e. The first-order valence-electron chi connectivity index (χ1n) is 26.1. The molecular weight excluding hydrogens is 945 g/mol. The number of carbonyl (C=O) groups is 7. The van der Waals surface area contributed by atoms with Crippen molar-refractivity contribution in [2.75, 3.05) is 61.6 Å². The lowest BCUT2D eigenvalue weighted by Gasteiger charge is -2.41. The second kappa shape index (κ2) is 27.2. The summed E-state index contributed by atoms with van der Waals surface area (Å²) < 4.78 is 45.9. The molecule has 72 heavy (non-hydrogen) atoms. The van der Waals surface area contributed by atoms with Crippen LogP contribution in [0.1, 0.15) is 119 Å². The maximum atomic E-state index is 14.5. The lowest BCUT2D eigenvalue weighted by Crippen LogP contribution is -2.55. The van der Waals surface area contributed by atoms with Crippen molar-refractivity contribution in [3.63, 3.8) is 0 Å². The maximum Gasteiger partial charge on any atom is 0.260 e. The van der Waals surface area contributed by atoms with E-state index >= 15 is 0 Å². The van der Waals surface area contributed by atoms with Gasteiger partial charge < -0.3 is 34.2 Å². The molecule has 3 fully saturated rings. The lowest BCUT2D eigenvalue weighted by molar-refractivity contribution is -0.149. The molecule has 2 saturated heterocycles. The quantitative estimate of drug-likeness (QED) is 0.115. The number of nitrogens with one attached hydrogen (secondary N) is 2. The Morgan fingerprint density at radius 2 is 1.46 bits per heavy atom. The fraction of sp³-hybridized carbons (Fsp3) is 0.755. The van der Waals surface area contributed by atoms with E-state index in [-0.39, 0.29) is 84.9 Å². The fourth-order valence-corrected chi connectivity index (χ4v) is 12.0. The molecule has 2 aliphatic heterocycles. The molecule has 3 aliphatic rings. The standard InChI is InChI=1S/C53H86N6O12S/c1-14-34(7)49(57(11)53(66)40(32(3)4)28-44(61)48(33(5)6)56(9)10)45(69-12)29-46(62)59-25-16-17-42(59)50(70-13)35(8)51(64)54-41(52(65)55-72(67,68)39-22-23-39)27-36-18-20-38(21-19-36)71-31-47(63)58-26-24-37(30-58)43(60)15-2/h18-21,32-35,37,39-42,45,48-50H,14-17,22-31H2,1-13H3,(H,54,64)(H,55,65)/t34-,35+,37+,40-,41-,42-,45+,48-,49-,50+/m0/s1. The number of rotatable bonds is 29. The summed E-state index contributed by atoms with van der Waals surface area (Å²) >= 11 is 0. The molecule has 0 spiro atoms. The summed E-state index contributed by atoms with van der Waals surface area (Å²) in [7, 11) is 4.50. The minimum absolute atomic E-state index is 0.00714. The minimum Gasteiger partial charge on any atom is -0.484 e. The van der Waals surface area contributed by atoms with E-state index in [0.29, 0.717) is 75.9 Å². The highest BCUT2D eigenvalue weighted by Crippen LogP contribution is 2.32. The number of Topliss-reactive ketones (excluding diaryl/α,β-unsaturated/α-hetero) is 2. The summed E-state index contributed by atoms with van der Waals surface area (Å²) in [6.45, 7) is 16.4. The van der Waals surface area contributed by atoms with Crippen LogP contribution in [0.5, 0.6) is 5.75 Å². The van der Waals surface area contributed by atoms with Crippen molar-refractivity contribution < 1.29 is 56.2 Å². The highest BCUT2D eigenvalue weighted by atomic mass is 32.2. The van der Waals surface area contributed by atoms with Gasteiger partial charge in [-0.2, -0.15) is 0 Å². The minimum atomic E-state index is -3.97.